The van der Waals surface area contributed by atoms with E-state index in [4.69, 9.17) is 11.6 Å². The van der Waals surface area contributed by atoms with Crippen LogP contribution < -0.4 is 0 Å². The molecule has 0 aliphatic heterocycles. The van der Waals surface area contributed by atoms with Gasteiger partial charge in [0.05, 0.1) is 6.10 Å². The van der Waals surface area contributed by atoms with Gasteiger partial charge in [-0.05, 0) is 31.0 Å². The Kier molecular flexibility index (Phi) is 4.93. The molecule has 0 amide bonds. The molecule has 1 aromatic rings. The van der Waals surface area contributed by atoms with E-state index in [0.717, 1.165) is 11.8 Å². The van der Waals surface area contributed by atoms with Crippen LogP contribution in [0.3, 0.4) is 0 Å². The summed E-state index contributed by atoms with van der Waals surface area (Å²) in [6.07, 6.45) is -0.874. The first kappa shape index (κ1) is 13.2. The Hall–Kier alpha value is -0.900. The van der Waals surface area contributed by atoms with Gasteiger partial charge in [0.2, 0.25) is 0 Å². The van der Waals surface area contributed by atoms with Crippen molar-refractivity contribution < 1.29 is 15.0 Å². The third kappa shape index (κ3) is 3.30. The number of hydrogen-bond acceptors (Lipinski definition) is 3. The van der Waals surface area contributed by atoms with Gasteiger partial charge in [0.15, 0.2) is 0 Å². The highest BCUT2D eigenvalue weighted by molar-refractivity contribution is 6.17. The summed E-state index contributed by atoms with van der Waals surface area (Å²) in [7, 11) is 0. The van der Waals surface area contributed by atoms with Crippen LogP contribution in [0.1, 0.15) is 34.0 Å². The van der Waals surface area contributed by atoms with Gasteiger partial charge in [0, 0.05) is 11.4 Å². The summed E-state index contributed by atoms with van der Waals surface area (Å²) in [5.41, 5.74) is 1.91. The second-order valence-electron chi connectivity index (χ2n) is 3.78. The third-order valence-electron chi connectivity index (χ3n) is 2.37. The Morgan fingerprint density at radius 2 is 2.06 bits per heavy atom. The van der Waals surface area contributed by atoms with Crippen LogP contribution in [0.2, 0.25) is 0 Å². The second-order valence-corrected chi connectivity index (χ2v) is 4.16. The van der Waals surface area contributed by atoms with Gasteiger partial charge in [-0.3, -0.25) is 4.79 Å². The molecule has 0 saturated carbocycles. The minimum absolute atomic E-state index is 0.282. The van der Waals surface area contributed by atoms with Crippen LogP contribution >= 0.6 is 11.6 Å². The van der Waals surface area contributed by atoms with Crippen molar-refractivity contribution in [3.8, 4) is 0 Å². The van der Waals surface area contributed by atoms with Gasteiger partial charge in [-0.15, -0.1) is 11.6 Å². The molecule has 2 N–H and O–H groups in total. The number of rotatable bonds is 5. The lowest BCUT2D eigenvalue weighted by Crippen LogP contribution is -2.19. The molecule has 0 saturated heterocycles. The first-order valence-electron chi connectivity index (χ1n) is 5.07. The number of aliphatic hydroxyl groups excluding tert-OH is 2. The van der Waals surface area contributed by atoms with Crippen LogP contribution in [0.25, 0.3) is 0 Å². The highest BCUT2D eigenvalue weighted by atomic mass is 35.5. The summed E-state index contributed by atoms with van der Waals surface area (Å²) in [5, 5.41) is 19.4. The number of halogens is 1. The molecule has 4 heteroatoms. The molecule has 0 heterocycles. The minimum atomic E-state index is -1.00. The van der Waals surface area contributed by atoms with E-state index in [9.17, 15) is 15.0 Å². The highest BCUT2D eigenvalue weighted by Crippen LogP contribution is 2.21. The van der Waals surface area contributed by atoms with Gasteiger partial charge < -0.3 is 10.2 Å². The predicted octanol–water partition coefficient (Wildman–Crippen LogP) is 1.83. The van der Waals surface area contributed by atoms with Crippen LogP contribution in [0, 0.1) is 6.92 Å². The van der Waals surface area contributed by atoms with Crippen molar-refractivity contribution in [1.82, 2.24) is 0 Å². The molecule has 88 valence electrons. The lowest BCUT2D eigenvalue weighted by molar-refractivity contribution is 0.0169. The second kappa shape index (κ2) is 5.99. The lowest BCUT2D eigenvalue weighted by atomic mass is 9.98. The number of aldehydes is 1. The van der Waals surface area contributed by atoms with E-state index in [1.807, 2.05) is 6.92 Å². The molecule has 0 aliphatic rings. The topological polar surface area (TPSA) is 57.5 Å². The van der Waals surface area contributed by atoms with Crippen LogP contribution in [-0.2, 0) is 0 Å². The van der Waals surface area contributed by atoms with E-state index in [1.54, 1.807) is 18.2 Å². The monoisotopic (exact) mass is 242 g/mol. The van der Waals surface area contributed by atoms with E-state index >= 15 is 0 Å². The zero-order valence-electron chi connectivity index (χ0n) is 9.06. The number of aliphatic hydroxyl groups is 2. The fourth-order valence-corrected chi connectivity index (χ4v) is 1.80. The fourth-order valence-electron chi connectivity index (χ4n) is 1.57. The normalized spacial score (nSPS) is 14.5. The van der Waals surface area contributed by atoms with Gasteiger partial charge in [-0.25, -0.2) is 0 Å². The van der Waals surface area contributed by atoms with Crippen LogP contribution in [0.5, 0.6) is 0 Å². The molecule has 0 fully saturated rings. The molecule has 0 aliphatic carbocycles. The third-order valence-corrected chi connectivity index (χ3v) is 2.59. The Morgan fingerprint density at radius 3 is 2.62 bits per heavy atom. The summed E-state index contributed by atoms with van der Waals surface area (Å²) >= 11 is 5.49. The smallest absolute Gasteiger partial charge is 0.150 e. The standard InChI is InChI=1S/C12H15ClO3/c1-8-4-9(7-14)6-10(5-8)12(16)11(15)2-3-13/h4-7,11-12,15-16H,2-3H2,1H3. The van der Waals surface area contributed by atoms with E-state index < -0.39 is 12.2 Å². The Morgan fingerprint density at radius 1 is 1.38 bits per heavy atom. The van der Waals surface area contributed by atoms with Crippen molar-refractivity contribution in [3.63, 3.8) is 0 Å². The van der Waals surface area contributed by atoms with E-state index in [2.05, 4.69) is 0 Å². The van der Waals surface area contributed by atoms with E-state index in [0.29, 0.717) is 17.5 Å². The molecule has 3 nitrogen and oxygen atoms in total. The van der Waals surface area contributed by atoms with Crippen molar-refractivity contribution in [2.45, 2.75) is 25.6 Å². The largest absolute Gasteiger partial charge is 0.390 e. The zero-order valence-corrected chi connectivity index (χ0v) is 9.81. The molecule has 2 unspecified atom stereocenters. The number of carbonyl (C=O) groups excluding carboxylic acids is 1. The zero-order chi connectivity index (χ0) is 12.1. The summed E-state index contributed by atoms with van der Waals surface area (Å²) in [6, 6.07) is 5.04. The fraction of sp³-hybridized carbons (Fsp3) is 0.417. The van der Waals surface area contributed by atoms with Gasteiger partial charge in [0.25, 0.3) is 0 Å². The Balaban J connectivity index is 2.93. The Labute approximate surface area is 99.7 Å². The van der Waals surface area contributed by atoms with E-state index in [-0.39, 0.29) is 5.88 Å². The van der Waals surface area contributed by atoms with Gasteiger partial charge >= 0.3 is 0 Å². The summed E-state index contributed by atoms with van der Waals surface area (Å²) in [5.74, 6) is 0.282. The number of aryl methyl sites for hydroxylation is 1. The molecule has 1 aromatic carbocycles. The SMILES string of the molecule is Cc1cc(C=O)cc(C(O)C(O)CCCl)c1. The maximum Gasteiger partial charge on any atom is 0.150 e. The predicted molar refractivity (Wildman–Crippen MR) is 62.9 cm³/mol. The number of benzene rings is 1. The molecular weight excluding hydrogens is 228 g/mol. The lowest BCUT2D eigenvalue weighted by Gasteiger charge is -2.18. The molecule has 16 heavy (non-hydrogen) atoms. The molecule has 0 spiro atoms. The van der Waals surface area contributed by atoms with Crippen molar-refractivity contribution in [1.29, 1.82) is 0 Å². The van der Waals surface area contributed by atoms with E-state index in [1.165, 1.54) is 0 Å². The van der Waals surface area contributed by atoms with Crippen molar-refractivity contribution in [2.75, 3.05) is 5.88 Å². The summed E-state index contributed by atoms with van der Waals surface area (Å²) < 4.78 is 0. The number of carbonyl (C=O) groups is 1. The number of alkyl halides is 1. The average Bonchev–Trinajstić information content (AvgIpc) is 2.27. The summed E-state index contributed by atoms with van der Waals surface area (Å²) in [4.78, 5) is 10.7. The van der Waals surface area contributed by atoms with Crippen molar-refractivity contribution in [2.24, 2.45) is 0 Å². The van der Waals surface area contributed by atoms with Gasteiger partial charge in [-0.1, -0.05) is 11.6 Å². The van der Waals surface area contributed by atoms with Gasteiger partial charge in [0.1, 0.15) is 12.4 Å². The van der Waals surface area contributed by atoms with Crippen LogP contribution in [0.15, 0.2) is 18.2 Å². The highest BCUT2D eigenvalue weighted by Gasteiger charge is 2.18. The molecular formula is C12H15ClO3. The maximum atomic E-state index is 10.7. The first-order chi connectivity index (χ1) is 7.58. The quantitative estimate of drug-likeness (QED) is 0.612. The Bertz CT molecular complexity index is 365. The molecule has 2 atom stereocenters. The van der Waals surface area contributed by atoms with Crippen molar-refractivity contribution >= 4 is 17.9 Å². The first-order valence-corrected chi connectivity index (χ1v) is 5.60. The number of hydrogen-bond donors (Lipinski definition) is 2. The minimum Gasteiger partial charge on any atom is -0.390 e. The maximum absolute atomic E-state index is 10.7. The average molecular weight is 243 g/mol. The van der Waals surface area contributed by atoms with Gasteiger partial charge in [-0.2, -0.15) is 0 Å². The molecule has 0 aromatic heterocycles. The molecule has 0 bridgehead atoms. The van der Waals surface area contributed by atoms with Crippen molar-refractivity contribution in [3.05, 3.63) is 34.9 Å². The molecule has 0 radical (unpaired) electrons. The van der Waals surface area contributed by atoms with Crippen LogP contribution in [-0.4, -0.2) is 28.5 Å². The summed E-state index contributed by atoms with van der Waals surface area (Å²) in [6.45, 7) is 1.83. The van der Waals surface area contributed by atoms with Crippen LogP contribution in [0.4, 0.5) is 0 Å². The molecule has 1 rings (SSSR count).